The number of aliphatic hydroxyl groups excluding tert-OH is 1. The Morgan fingerprint density at radius 1 is 1.07 bits per heavy atom. The number of aromatic nitrogens is 1. The minimum atomic E-state index is -0.187. The molecule has 0 bridgehead atoms. The summed E-state index contributed by atoms with van der Waals surface area (Å²) in [6.45, 7) is 6.47. The van der Waals surface area contributed by atoms with Gasteiger partial charge in [-0.15, -0.1) is 0 Å². The second-order valence-electron chi connectivity index (χ2n) is 7.21. The zero-order chi connectivity index (χ0) is 20.3. The molecule has 0 aliphatic heterocycles. The van der Waals surface area contributed by atoms with Gasteiger partial charge in [0.05, 0.1) is 12.1 Å². The highest BCUT2D eigenvalue weighted by Crippen LogP contribution is 2.20. The molecule has 0 fully saturated rings. The van der Waals surface area contributed by atoms with Crippen molar-refractivity contribution in [3.05, 3.63) is 80.6 Å². The van der Waals surface area contributed by atoms with Crippen LogP contribution >= 0.6 is 0 Å². The molecule has 0 aliphatic rings. The number of pyridine rings is 1. The molecule has 5 nitrogen and oxygen atoms in total. The number of aliphatic hydroxyl groups is 1. The Balaban J connectivity index is 1.98. The molecule has 1 amide bonds. The number of H-pyrrole nitrogens is 1. The predicted octanol–water partition coefficient (Wildman–Crippen LogP) is 3.48. The minimum Gasteiger partial charge on any atom is -0.396 e. The lowest BCUT2D eigenvalue weighted by atomic mass is 10.0. The number of hydrogen-bond acceptors (Lipinski definition) is 3. The SMILES string of the molecule is Cc1ccccc1C(=O)N(CCCO)Cc1cc2ccc(C)c(C)c2[nH]c1=O. The fourth-order valence-electron chi connectivity index (χ4n) is 3.39. The van der Waals surface area contributed by atoms with E-state index in [0.717, 1.165) is 27.6 Å². The van der Waals surface area contributed by atoms with E-state index in [1.54, 1.807) is 11.0 Å². The third-order valence-corrected chi connectivity index (χ3v) is 5.24. The Bertz CT molecular complexity index is 1070. The molecular formula is C23H26N2O3. The van der Waals surface area contributed by atoms with E-state index in [9.17, 15) is 14.7 Å². The molecule has 0 spiro atoms. The predicted molar refractivity (Wildman–Crippen MR) is 112 cm³/mol. The molecule has 28 heavy (non-hydrogen) atoms. The molecular weight excluding hydrogens is 352 g/mol. The van der Waals surface area contributed by atoms with E-state index >= 15 is 0 Å². The number of aromatic amines is 1. The molecule has 0 saturated carbocycles. The highest BCUT2D eigenvalue weighted by Gasteiger charge is 2.19. The molecule has 2 N–H and O–H groups in total. The molecule has 0 saturated heterocycles. The van der Waals surface area contributed by atoms with Crippen LogP contribution in [0.15, 0.2) is 47.3 Å². The van der Waals surface area contributed by atoms with Gasteiger partial charge in [0.1, 0.15) is 0 Å². The van der Waals surface area contributed by atoms with Crippen LogP contribution in [0.2, 0.25) is 0 Å². The highest BCUT2D eigenvalue weighted by molar-refractivity contribution is 5.95. The van der Waals surface area contributed by atoms with Gasteiger partial charge in [-0.2, -0.15) is 0 Å². The Morgan fingerprint density at radius 2 is 1.82 bits per heavy atom. The van der Waals surface area contributed by atoms with Crippen LogP contribution in [0.1, 0.15) is 39.0 Å². The van der Waals surface area contributed by atoms with Gasteiger partial charge < -0.3 is 15.0 Å². The number of carbonyl (C=O) groups excluding carboxylic acids is 1. The molecule has 5 heteroatoms. The van der Waals surface area contributed by atoms with E-state index in [2.05, 4.69) is 4.98 Å². The minimum absolute atomic E-state index is 0.00982. The van der Waals surface area contributed by atoms with Gasteiger partial charge in [0.15, 0.2) is 0 Å². The van der Waals surface area contributed by atoms with Crippen molar-refractivity contribution in [2.75, 3.05) is 13.2 Å². The Kier molecular flexibility index (Phi) is 5.95. The summed E-state index contributed by atoms with van der Waals surface area (Å²) < 4.78 is 0. The number of amides is 1. The van der Waals surface area contributed by atoms with Gasteiger partial charge in [-0.1, -0.05) is 30.3 Å². The number of fused-ring (bicyclic) bond motifs is 1. The lowest BCUT2D eigenvalue weighted by molar-refractivity contribution is 0.0730. The maximum Gasteiger partial charge on any atom is 0.254 e. The molecule has 0 aliphatic carbocycles. The summed E-state index contributed by atoms with van der Waals surface area (Å²) in [5, 5.41) is 10.2. The van der Waals surface area contributed by atoms with Gasteiger partial charge in [-0.05, 0) is 61.4 Å². The quantitative estimate of drug-likeness (QED) is 0.690. The van der Waals surface area contributed by atoms with Gasteiger partial charge in [-0.3, -0.25) is 9.59 Å². The number of hydrogen-bond donors (Lipinski definition) is 2. The molecule has 146 valence electrons. The fourth-order valence-corrected chi connectivity index (χ4v) is 3.39. The summed E-state index contributed by atoms with van der Waals surface area (Å²) in [5.41, 5.74) is 4.86. The van der Waals surface area contributed by atoms with Crippen LogP contribution in [0, 0.1) is 20.8 Å². The summed E-state index contributed by atoms with van der Waals surface area (Å²) >= 11 is 0. The summed E-state index contributed by atoms with van der Waals surface area (Å²) in [6, 6.07) is 13.3. The molecule has 0 unspecified atom stereocenters. The van der Waals surface area contributed by atoms with Crippen LogP contribution in [0.4, 0.5) is 0 Å². The van der Waals surface area contributed by atoms with E-state index in [1.165, 1.54) is 0 Å². The number of nitrogens with one attached hydrogen (secondary N) is 1. The molecule has 1 aromatic heterocycles. The summed E-state index contributed by atoms with van der Waals surface area (Å²) in [5.74, 6) is -0.133. The summed E-state index contributed by atoms with van der Waals surface area (Å²) in [6.07, 6.45) is 0.460. The fraction of sp³-hybridized carbons (Fsp3) is 0.304. The van der Waals surface area contributed by atoms with Gasteiger partial charge in [0, 0.05) is 24.3 Å². The first-order valence-corrected chi connectivity index (χ1v) is 9.50. The number of rotatable bonds is 6. The molecule has 3 aromatic rings. The monoisotopic (exact) mass is 378 g/mol. The molecule has 1 heterocycles. The number of aryl methyl sites for hydroxylation is 3. The van der Waals surface area contributed by atoms with Crippen molar-refractivity contribution < 1.29 is 9.90 Å². The first kappa shape index (κ1) is 19.8. The Morgan fingerprint density at radius 3 is 2.54 bits per heavy atom. The summed E-state index contributed by atoms with van der Waals surface area (Å²) in [7, 11) is 0. The zero-order valence-corrected chi connectivity index (χ0v) is 16.6. The number of benzene rings is 2. The second-order valence-corrected chi connectivity index (χ2v) is 7.21. The zero-order valence-electron chi connectivity index (χ0n) is 16.6. The molecule has 0 atom stereocenters. The lowest BCUT2D eigenvalue weighted by Gasteiger charge is -2.23. The van der Waals surface area contributed by atoms with Gasteiger partial charge >= 0.3 is 0 Å². The normalized spacial score (nSPS) is 11.0. The van der Waals surface area contributed by atoms with Crippen molar-refractivity contribution in [3.8, 4) is 0 Å². The van der Waals surface area contributed by atoms with E-state index < -0.39 is 0 Å². The van der Waals surface area contributed by atoms with Gasteiger partial charge in [0.2, 0.25) is 0 Å². The largest absolute Gasteiger partial charge is 0.396 e. The van der Waals surface area contributed by atoms with Crippen LogP contribution in [-0.4, -0.2) is 34.0 Å². The highest BCUT2D eigenvalue weighted by atomic mass is 16.3. The molecule has 0 radical (unpaired) electrons. The molecule has 2 aromatic carbocycles. The Hall–Kier alpha value is -2.92. The van der Waals surface area contributed by atoms with Crippen molar-refractivity contribution in [3.63, 3.8) is 0 Å². The van der Waals surface area contributed by atoms with Crippen LogP contribution in [-0.2, 0) is 6.54 Å². The van der Waals surface area contributed by atoms with Crippen molar-refractivity contribution in [2.24, 2.45) is 0 Å². The summed E-state index contributed by atoms with van der Waals surface area (Å²) in [4.78, 5) is 30.4. The molecule has 3 rings (SSSR count). The van der Waals surface area contributed by atoms with E-state index in [4.69, 9.17) is 0 Å². The average molecular weight is 378 g/mol. The number of nitrogens with zero attached hydrogens (tertiary/aromatic N) is 1. The van der Waals surface area contributed by atoms with Crippen molar-refractivity contribution in [2.45, 2.75) is 33.7 Å². The van der Waals surface area contributed by atoms with E-state index in [0.29, 0.717) is 24.1 Å². The van der Waals surface area contributed by atoms with Gasteiger partial charge in [0.25, 0.3) is 11.5 Å². The van der Waals surface area contributed by atoms with Crippen molar-refractivity contribution >= 4 is 16.8 Å². The maximum atomic E-state index is 13.1. The standard InChI is InChI=1S/C23H26N2O3/c1-15-9-10-18-13-19(22(27)24-21(18)17(15)3)14-25(11-6-12-26)23(28)20-8-5-4-7-16(20)2/h4-5,7-10,13,26H,6,11-12,14H2,1-3H3,(H,24,27). The van der Waals surface area contributed by atoms with E-state index in [-0.39, 0.29) is 24.6 Å². The van der Waals surface area contributed by atoms with Crippen molar-refractivity contribution in [1.29, 1.82) is 0 Å². The smallest absolute Gasteiger partial charge is 0.254 e. The lowest BCUT2D eigenvalue weighted by Crippen LogP contribution is -2.34. The first-order chi connectivity index (χ1) is 13.4. The van der Waals surface area contributed by atoms with E-state index in [1.807, 2.05) is 57.2 Å². The van der Waals surface area contributed by atoms with Crippen LogP contribution in [0.5, 0.6) is 0 Å². The van der Waals surface area contributed by atoms with Crippen LogP contribution in [0.25, 0.3) is 10.9 Å². The second kappa shape index (κ2) is 8.40. The average Bonchev–Trinajstić information content (AvgIpc) is 2.69. The maximum absolute atomic E-state index is 13.1. The third kappa shape index (κ3) is 3.99. The van der Waals surface area contributed by atoms with Crippen molar-refractivity contribution in [1.82, 2.24) is 9.88 Å². The van der Waals surface area contributed by atoms with Gasteiger partial charge in [-0.25, -0.2) is 0 Å². The first-order valence-electron chi connectivity index (χ1n) is 9.50. The third-order valence-electron chi connectivity index (χ3n) is 5.24. The number of carbonyl (C=O) groups is 1. The van der Waals surface area contributed by atoms with Crippen LogP contribution < -0.4 is 5.56 Å². The van der Waals surface area contributed by atoms with Crippen LogP contribution in [0.3, 0.4) is 0 Å². The Labute approximate surface area is 164 Å². The topological polar surface area (TPSA) is 73.4 Å².